The molecule has 2 heterocycles. The molecule has 1 aromatic carbocycles. The highest BCUT2D eigenvalue weighted by Gasteiger charge is 2.37. The molecule has 2 aliphatic rings. The fourth-order valence-electron chi connectivity index (χ4n) is 3.70. The molecule has 0 radical (unpaired) electrons. The van der Waals surface area contributed by atoms with E-state index >= 15 is 0 Å². The third-order valence-electron chi connectivity index (χ3n) is 5.60. The number of rotatable bonds is 3. The van der Waals surface area contributed by atoms with Gasteiger partial charge in [-0.15, -0.1) is 0 Å². The monoisotopic (exact) mass is 343 g/mol. The van der Waals surface area contributed by atoms with E-state index in [-0.39, 0.29) is 23.1 Å². The average molecular weight is 343 g/mol. The summed E-state index contributed by atoms with van der Waals surface area (Å²) in [4.78, 5) is 28.2. The lowest BCUT2D eigenvalue weighted by atomic mass is 9.86. The number of nitrogens with two attached hydrogens (primary N) is 1. The van der Waals surface area contributed by atoms with E-state index in [0.29, 0.717) is 6.04 Å². The molecule has 0 spiro atoms. The minimum absolute atomic E-state index is 0.0235. The summed E-state index contributed by atoms with van der Waals surface area (Å²) in [6, 6.07) is 8.41. The molecular formula is C20H29N3O2. The van der Waals surface area contributed by atoms with E-state index in [1.54, 1.807) is 0 Å². The largest absolute Gasteiger partial charge is 0.369 e. The first-order valence-electron chi connectivity index (χ1n) is 9.19. The van der Waals surface area contributed by atoms with E-state index in [0.717, 1.165) is 44.6 Å². The third kappa shape index (κ3) is 3.87. The van der Waals surface area contributed by atoms with Crippen LogP contribution in [0.15, 0.2) is 24.3 Å². The normalized spacial score (nSPS) is 20.4. The number of primary amides is 1. The minimum Gasteiger partial charge on any atom is -0.369 e. The van der Waals surface area contributed by atoms with Crippen molar-refractivity contribution in [2.24, 2.45) is 11.7 Å². The summed E-state index contributed by atoms with van der Waals surface area (Å²) in [7, 11) is 0. The molecule has 5 nitrogen and oxygen atoms in total. The van der Waals surface area contributed by atoms with E-state index < -0.39 is 0 Å². The Morgan fingerprint density at radius 1 is 1.04 bits per heavy atom. The lowest BCUT2D eigenvalue weighted by molar-refractivity contribution is -0.123. The van der Waals surface area contributed by atoms with Crippen LogP contribution in [0.2, 0.25) is 0 Å². The van der Waals surface area contributed by atoms with Crippen molar-refractivity contribution in [3.05, 3.63) is 35.4 Å². The molecule has 2 aliphatic heterocycles. The van der Waals surface area contributed by atoms with Crippen molar-refractivity contribution >= 4 is 11.8 Å². The van der Waals surface area contributed by atoms with Gasteiger partial charge in [0, 0.05) is 30.6 Å². The molecule has 0 aromatic heterocycles. The van der Waals surface area contributed by atoms with Crippen molar-refractivity contribution in [3.8, 4) is 0 Å². The number of likely N-dealkylation sites (tertiary alicyclic amines) is 2. The van der Waals surface area contributed by atoms with Gasteiger partial charge in [0.25, 0.3) is 5.91 Å². The second kappa shape index (κ2) is 6.79. The van der Waals surface area contributed by atoms with Gasteiger partial charge in [-0.3, -0.25) is 14.5 Å². The summed E-state index contributed by atoms with van der Waals surface area (Å²) in [5.41, 5.74) is 7.49. The fraction of sp³-hybridized carbons (Fsp3) is 0.600. The molecule has 0 bridgehead atoms. The standard InChI is InChI=1S/C20H29N3O2/c1-20(2,3)16-6-4-15(5-7-16)19(25)23-12-17(13-23)22-10-8-14(9-11-22)18(21)24/h4-7,14,17H,8-13H2,1-3H3,(H2,21,24). The Kier molecular flexibility index (Phi) is 4.87. The minimum atomic E-state index is -0.177. The topological polar surface area (TPSA) is 66.6 Å². The molecule has 0 unspecified atom stereocenters. The smallest absolute Gasteiger partial charge is 0.253 e. The van der Waals surface area contributed by atoms with Gasteiger partial charge in [0.05, 0.1) is 0 Å². The van der Waals surface area contributed by atoms with E-state index in [2.05, 4.69) is 37.8 Å². The van der Waals surface area contributed by atoms with Gasteiger partial charge in [-0.05, 0) is 49.0 Å². The van der Waals surface area contributed by atoms with E-state index in [1.807, 2.05) is 17.0 Å². The average Bonchev–Trinajstić information content (AvgIpc) is 2.53. The molecular weight excluding hydrogens is 314 g/mol. The Balaban J connectivity index is 1.51. The zero-order chi connectivity index (χ0) is 18.2. The van der Waals surface area contributed by atoms with Crippen LogP contribution in [0.25, 0.3) is 0 Å². The summed E-state index contributed by atoms with van der Waals surface area (Å²) >= 11 is 0. The van der Waals surface area contributed by atoms with E-state index in [1.165, 1.54) is 5.56 Å². The quantitative estimate of drug-likeness (QED) is 0.913. The predicted octanol–water partition coefficient (Wildman–Crippen LogP) is 2.01. The molecule has 2 amide bonds. The van der Waals surface area contributed by atoms with Gasteiger partial charge in [-0.2, -0.15) is 0 Å². The Morgan fingerprint density at radius 2 is 1.60 bits per heavy atom. The van der Waals surface area contributed by atoms with E-state index in [4.69, 9.17) is 5.73 Å². The lowest BCUT2D eigenvalue weighted by Gasteiger charge is -2.47. The van der Waals surface area contributed by atoms with Gasteiger partial charge in [0.1, 0.15) is 0 Å². The van der Waals surface area contributed by atoms with Crippen molar-refractivity contribution in [2.75, 3.05) is 26.2 Å². The molecule has 2 fully saturated rings. The summed E-state index contributed by atoms with van der Waals surface area (Å²) in [6.45, 7) is 9.88. The van der Waals surface area contributed by atoms with Crippen LogP contribution in [-0.2, 0) is 10.2 Å². The van der Waals surface area contributed by atoms with Crippen LogP contribution in [0.1, 0.15) is 49.5 Å². The van der Waals surface area contributed by atoms with Gasteiger partial charge in [0.15, 0.2) is 0 Å². The molecule has 3 rings (SSSR count). The number of benzene rings is 1. The maximum atomic E-state index is 12.6. The van der Waals surface area contributed by atoms with Gasteiger partial charge in [0.2, 0.25) is 5.91 Å². The second-order valence-corrected chi connectivity index (χ2v) is 8.40. The van der Waals surface area contributed by atoms with Crippen LogP contribution >= 0.6 is 0 Å². The molecule has 136 valence electrons. The fourth-order valence-corrected chi connectivity index (χ4v) is 3.70. The molecule has 1 aromatic rings. The molecule has 5 heteroatoms. The maximum absolute atomic E-state index is 12.6. The predicted molar refractivity (Wildman–Crippen MR) is 98.3 cm³/mol. The van der Waals surface area contributed by atoms with E-state index in [9.17, 15) is 9.59 Å². The highest BCUT2D eigenvalue weighted by Crippen LogP contribution is 2.26. The highest BCUT2D eigenvalue weighted by molar-refractivity contribution is 5.94. The zero-order valence-corrected chi connectivity index (χ0v) is 15.5. The molecule has 0 atom stereocenters. The van der Waals surface area contributed by atoms with Gasteiger partial charge < -0.3 is 10.6 Å². The SMILES string of the molecule is CC(C)(C)c1ccc(C(=O)N2CC(N3CCC(C(N)=O)CC3)C2)cc1. The van der Waals surface area contributed by atoms with Crippen LogP contribution in [-0.4, -0.2) is 53.8 Å². The number of hydrogen-bond donors (Lipinski definition) is 1. The number of hydrogen-bond acceptors (Lipinski definition) is 3. The number of amides is 2. The number of piperidine rings is 1. The van der Waals surface area contributed by atoms with Crippen LogP contribution in [0.3, 0.4) is 0 Å². The number of carbonyl (C=O) groups excluding carboxylic acids is 2. The number of nitrogens with zero attached hydrogens (tertiary/aromatic N) is 2. The van der Waals surface area contributed by atoms with Crippen LogP contribution in [0.5, 0.6) is 0 Å². The Hall–Kier alpha value is -1.88. The molecule has 2 saturated heterocycles. The molecule has 25 heavy (non-hydrogen) atoms. The van der Waals surface area contributed by atoms with Crippen molar-refractivity contribution in [1.82, 2.24) is 9.80 Å². The van der Waals surface area contributed by atoms with Crippen LogP contribution in [0.4, 0.5) is 0 Å². The van der Waals surface area contributed by atoms with Gasteiger partial charge in [-0.25, -0.2) is 0 Å². The molecule has 0 aliphatic carbocycles. The first-order chi connectivity index (χ1) is 11.8. The van der Waals surface area contributed by atoms with Crippen molar-refractivity contribution in [2.45, 2.75) is 45.1 Å². The summed E-state index contributed by atoms with van der Waals surface area (Å²) in [5, 5.41) is 0. The Labute approximate surface area is 150 Å². The van der Waals surface area contributed by atoms with Crippen LogP contribution < -0.4 is 5.73 Å². The van der Waals surface area contributed by atoms with Gasteiger partial charge in [-0.1, -0.05) is 32.9 Å². The first kappa shape index (κ1) is 17.9. The summed E-state index contributed by atoms with van der Waals surface area (Å²) < 4.78 is 0. The van der Waals surface area contributed by atoms with Crippen molar-refractivity contribution in [1.29, 1.82) is 0 Å². The van der Waals surface area contributed by atoms with Crippen molar-refractivity contribution < 1.29 is 9.59 Å². The summed E-state index contributed by atoms with van der Waals surface area (Å²) in [5.74, 6) is -0.0390. The van der Waals surface area contributed by atoms with Crippen molar-refractivity contribution in [3.63, 3.8) is 0 Å². The third-order valence-corrected chi connectivity index (χ3v) is 5.60. The Morgan fingerprint density at radius 3 is 2.08 bits per heavy atom. The molecule has 2 N–H and O–H groups in total. The van der Waals surface area contributed by atoms with Crippen LogP contribution in [0, 0.1) is 5.92 Å². The maximum Gasteiger partial charge on any atom is 0.253 e. The second-order valence-electron chi connectivity index (χ2n) is 8.40. The number of carbonyl (C=O) groups is 2. The zero-order valence-electron chi connectivity index (χ0n) is 15.5. The molecule has 0 saturated carbocycles. The van der Waals surface area contributed by atoms with Gasteiger partial charge >= 0.3 is 0 Å². The first-order valence-corrected chi connectivity index (χ1v) is 9.19. The highest BCUT2D eigenvalue weighted by atomic mass is 16.2. The summed E-state index contributed by atoms with van der Waals surface area (Å²) in [6.07, 6.45) is 1.68. The lowest BCUT2D eigenvalue weighted by Crippen LogP contribution is -2.62. The Bertz CT molecular complexity index is 634.